The van der Waals surface area contributed by atoms with Crippen LogP contribution in [0.1, 0.15) is 30.0 Å². The van der Waals surface area contributed by atoms with Crippen LogP contribution in [0.4, 0.5) is 5.13 Å². The molecule has 0 saturated carbocycles. The van der Waals surface area contributed by atoms with Crippen LogP contribution in [-0.4, -0.2) is 22.0 Å². The zero-order valence-corrected chi connectivity index (χ0v) is 13.6. The van der Waals surface area contributed by atoms with Gasteiger partial charge in [0.1, 0.15) is 0 Å². The van der Waals surface area contributed by atoms with E-state index in [0.29, 0.717) is 10.7 Å². The second kappa shape index (κ2) is 7.15. The molecule has 0 unspecified atom stereocenters. The molecule has 0 bridgehead atoms. The molecule has 2 aromatic heterocycles. The molecular weight excluding hydrogens is 320 g/mol. The molecule has 2 heterocycles. The minimum Gasteiger partial charge on any atom is -0.478 e. The van der Waals surface area contributed by atoms with Crippen LogP contribution in [0.3, 0.4) is 0 Å². The van der Waals surface area contributed by atoms with Gasteiger partial charge in [-0.1, -0.05) is 6.08 Å². The first-order valence-electron chi connectivity index (χ1n) is 6.35. The normalized spacial score (nSPS) is 11.8. The molecule has 5 nitrogen and oxygen atoms in total. The highest BCUT2D eigenvalue weighted by atomic mass is 32.1. The van der Waals surface area contributed by atoms with Crippen molar-refractivity contribution in [3.05, 3.63) is 38.5 Å². The summed E-state index contributed by atoms with van der Waals surface area (Å²) in [6, 6.07) is 1.91. The minimum atomic E-state index is -0.918. The van der Waals surface area contributed by atoms with Gasteiger partial charge in [0, 0.05) is 22.8 Å². The summed E-state index contributed by atoms with van der Waals surface area (Å²) in [7, 11) is 0. The van der Waals surface area contributed by atoms with Crippen LogP contribution in [0.2, 0.25) is 0 Å². The summed E-state index contributed by atoms with van der Waals surface area (Å²) >= 11 is 2.84. The second-order valence-electron chi connectivity index (χ2n) is 4.51. The second-order valence-corrected chi connectivity index (χ2v) is 6.31. The molecule has 2 aromatic rings. The first-order valence-corrected chi connectivity index (χ1v) is 8.11. The Labute approximate surface area is 135 Å². The molecular formula is C15H14N2O3S2. The highest BCUT2D eigenvalue weighted by Gasteiger charge is 2.03. The molecule has 0 fully saturated rings. The van der Waals surface area contributed by atoms with Gasteiger partial charge in [-0.05, 0) is 36.1 Å². The van der Waals surface area contributed by atoms with E-state index in [1.165, 1.54) is 29.6 Å². The number of hydrogen-bond donors (Lipinski definition) is 2. The lowest BCUT2D eigenvalue weighted by molar-refractivity contribution is -0.132. The zero-order chi connectivity index (χ0) is 16.1. The number of nitrogens with zero attached hydrogens (tertiary/aromatic N) is 1. The van der Waals surface area contributed by atoms with Gasteiger partial charge in [0.15, 0.2) is 5.13 Å². The number of carbonyl (C=O) groups excluding carboxylic acids is 1. The number of carbonyl (C=O) groups is 2. The molecule has 0 saturated heterocycles. The van der Waals surface area contributed by atoms with Crippen LogP contribution < -0.4 is 5.32 Å². The fourth-order valence-corrected chi connectivity index (χ4v) is 3.15. The van der Waals surface area contributed by atoms with E-state index < -0.39 is 5.97 Å². The van der Waals surface area contributed by atoms with Crippen molar-refractivity contribution in [1.29, 1.82) is 0 Å². The summed E-state index contributed by atoms with van der Waals surface area (Å²) in [5, 5.41) is 15.8. The van der Waals surface area contributed by atoms with Crippen molar-refractivity contribution in [2.45, 2.75) is 13.8 Å². The van der Waals surface area contributed by atoms with E-state index in [-0.39, 0.29) is 5.91 Å². The average Bonchev–Trinajstić information content (AvgIpc) is 3.05. The third kappa shape index (κ3) is 4.64. The highest BCUT2D eigenvalue weighted by Crippen LogP contribution is 2.21. The third-order valence-electron chi connectivity index (χ3n) is 2.59. The van der Waals surface area contributed by atoms with Crippen LogP contribution in [0, 0.1) is 0 Å². The van der Waals surface area contributed by atoms with Crippen LogP contribution in [0.5, 0.6) is 0 Å². The monoisotopic (exact) mass is 334 g/mol. The molecule has 0 spiro atoms. The zero-order valence-electron chi connectivity index (χ0n) is 12.0. The van der Waals surface area contributed by atoms with Gasteiger partial charge < -0.3 is 10.4 Å². The maximum atomic E-state index is 10.9. The summed E-state index contributed by atoms with van der Waals surface area (Å²) in [5.41, 5.74) is 2.04. The van der Waals surface area contributed by atoms with Crippen molar-refractivity contribution in [3.63, 3.8) is 0 Å². The number of thiazole rings is 1. The summed E-state index contributed by atoms with van der Waals surface area (Å²) in [6.07, 6.45) is 5.39. The maximum absolute atomic E-state index is 10.9. The van der Waals surface area contributed by atoms with Gasteiger partial charge in [0.2, 0.25) is 5.91 Å². The molecule has 2 N–H and O–H groups in total. The lowest BCUT2D eigenvalue weighted by Gasteiger charge is -1.92. The van der Waals surface area contributed by atoms with Crippen molar-refractivity contribution in [1.82, 2.24) is 4.98 Å². The molecule has 0 aliphatic rings. The summed E-state index contributed by atoms with van der Waals surface area (Å²) in [5.74, 6) is -1.06. The smallest absolute Gasteiger partial charge is 0.331 e. The third-order valence-corrected chi connectivity index (χ3v) is 4.26. The van der Waals surface area contributed by atoms with Gasteiger partial charge in [-0.25, -0.2) is 9.78 Å². The van der Waals surface area contributed by atoms with Crippen LogP contribution >= 0.6 is 22.7 Å². The van der Waals surface area contributed by atoms with Crippen molar-refractivity contribution >= 4 is 57.9 Å². The number of nitrogens with one attached hydrogen (secondary N) is 1. The van der Waals surface area contributed by atoms with Crippen molar-refractivity contribution in [3.8, 4) is 0 Å². The number of anilines is 1. The number of carboxylic acids is 1. The fourth-order valence-electron chi connectivity index (χ4n) is 1.56. The Morgan fingerprint density at radius 2 is 2.00 bits per heavy atom. The molecule has 0 radical (unpaired) electrons. The van der Waals surface area contributed by atoms with Gasteiger partial charge in [-0.15, -0.1) is 22.7 Å². The lowest BCUT2D eigenvalue weighted by atomic mass is 10.2. The Morgan fingerprint density at radius 3 is 2.68 bits per heavy atom. The molecule has 1 amide bonds. The lowest BCUT2D eigenvalue weighted by Crippen LogP contribution is -2.04. The Morgan fingerprint density at radius 1 is 1.23 bits per heavy atom. The molecule has 7 heteroatoms. The first-order chi connectivity index (χ1) is 10.4. The van der Waals surface area contributed by atoms with Crippen LogP contribution in [0.15, 0.2) is 22.4 Å². The predicted molar refractivity (Wildman–Crippen MR) is 91.0 cm³/mol. The molecule has 2 rings (SSSR count). The van der Waals surface area contributed by atoms with E-state index in [4.69, 9.17) is 5.11 Å². The topological polar surface area (TPSA) is 79.3 Å². The van der Waals surface area contributed by atoms with E-state index in [0.717, 1.165) is 16.1 Å². The number of carboxylic acid groups (broad SMARTS) is 1. The Kier molecular flexibility index (Phi) is 5.24. The van der Waals surface area contributed by atoms with Crippen molar-refractivity contribution < 1.29 is 14.7 Å². The van der Waals surface area contributed by atoms with Gasteiger partial charge >= 0.3 is 5.97 Å². The Bertz CT molecular complexity index is 756. The molecule has 0 aliphatic carbocycles. The quantitative estimate of drug-likeness (QED) is 0.815. The summed E-state index contributed by atoms with van der Waals surface area (Å²) in [6.45, 7) is 3.01. The molecule has 0 aromatic carbocycles. The van der Waals surface area contributed by atoms with Gasteiger partial charge in [0.05, 0.1) is 5.69 Å². The average molecular weight is 334 g/mol. The Hall–Kier alpha value is -2.25. The number of rotatable bonds is 5. The van der Waals surface area contributed by atoms with Crippen LogP contribution in [0.25, 0.3) is 18.2 Å². The van der Waals surface area contributed by atoms with Crippen LogP contribution in [-0.2, 0) is 9.59 Å². The van der Waals surface area contributed by atoms with E-state index in [2.05, 4.69) is 10.3 Å². The molecule has 0 aliphatic heterocycles. The van der Waals surface area contributed by atoms with Crippen molar-refractivity contribution in [2.75, 3.05) is 5.32 Å². The van der Waals surface area contributed by atoms with Gasteiger partial charge in [-0.2, -0.15) is 0 Å². The summed E-state index contributed by atoms with van der Waals surface area (Å²) in [4.78, 5) is 26.9. The van der Waals surface area contributed by atoms with Crippen molar-refractivity contribution in [2.24, 2.45) is 0 Å². The molecule has 0 atom stereocenters. The van der Waals surface area contributed by atoms with E-state index in [9.17, 15) is 9.59 Å². The van der Waals surface area contributed by atoms with Gasteiger partial charge in [0.25, 0.3) is 0 Å². The highest BCUT2D eigenvalue weighted by molar-refractivity contribution is 7.14. The maximum Gasteiger partial charge on any atom is 0.331 e. The van der Waals surface area contributed by atoms with E-state index in [1.807, 2.05) is 29.0 Å². The number of thiophene rings is 1. The molecule has 114 valence electrons. The standard InChI is InChI=1S/C15H14N2O3S2/c1-9(14(19)20)5-13-6-11(7-21-13)3-4-12-8-22-15(17-12)16-10(2)18/h3-8H,1-2H3,(H,19,20)(H,16,17,18). The Balaban J connectivity index is 2.06. The molecule has 22 heavy (non-hydrogen) atoms. The van der Waals surface area contributed by atoms with E-state index in [1.54, 1.807) is 13.0 Å². The van der Waals surface area contributed by atoms with E-state index >= 15 is 0 Å². The summed E-state index contributed by atoms with van der Waals surface area (Å²) < 4.78 is 0. The first kappa shape index (κ1) is 16.1. The number of aliphatic carboxylic acids is 1. The minimum absolute atomic E-state index is 0.145. The predicted octanol–water partition coefficient (Wildman–Crippen LogP) is 3.82. The largest absolute Gasteiger partial charge is 0.478 e. The number of hydrogen-bond acceptors (Lipinski definition) is 5. The SMILES string of the molecule is CC(=O)Nc1nc(C=Cc2csc(C=C(C)C(=O)O)c2)cs1. The fraction of sp³-hybridized carbons (Fsp3) is 0.133. The number of aromatic nitrogens is 1. The number of amides is 1. The van der Waals surface area contributed by atoms with Gasteiger partial charge in [-0.3, -0.25) is 4.79 Å².